The first-order valence-electron chi connectivity index (χ1n) is 9.54. The van der Waals surface area contributed by atoms with Crippen LogP contribution in [0, 0.1) is 0 Å². The molecule has 2 N–H and O–H groups in total. The van der Waals surface area contributed by atoms with Crippen LogP contribution in [-0.4, -0.2) is 19.6 Å². The molecule has 0 aliphatic heterocycles. The molecule has 2 atom stereocenters. The van der Waals surface area contributed by atoms with Crippen LogP contribution in [0.2, 0.25) is 5.02 Å². The van der Waals surface area contributed by atoms with E-state index in [2.05, 4.69) is 10.6 Å². The number of rotatable bonds is 8. The molecule has 0 radical (unpaired) electrons. The van der Waals surface area contributed by atoms with Crippen LogP contribution in [0.5, 0.6) is 5.75 Å². The summed E-state index contributed by atoms with van der Waals surface area (Å²) in [5.41, 5.74) is 3.06. The molecule has 3 aromatic carbocycles. The van der Waals surface area contributed by atoms with E-state index in [-0.39, 0.29) is 24.5 Å². The molecule has 1 amide bonds. The zero-order valence-corrected chi connectivity index (χ0v) is 17.3. The monoisotopic (exact) mass is 408 g/mol. The molecular formula is C24H25ClN2O2. The maximum absolute atomic E-state index is 12.7. The number of halogens is 1. The Morgan fingerprint density at radius 2 is 1.59 bits per heavy atom. The third-order valence-corrected chi connectivity index (χ3v) is 5.04. The molecule has 150 valence electrons. The smallest absolute Gasteiger partial charge is 0.234 e. The van der Waals surface area contributed by atoms with Crippen LogP contribution in [0.4, 0.5) is 0 Å². The molecule has 0 aliphatic carbocycles. The Hall–Kier alpha value is -2.82. The Morgan fingerprint density at radius 3 is 2.24 bits per heavy atom. The van der Waals surface area contributed by atoms with Crippen molar-refractivity contribution in [2.75, 3.05) is 13.7 Å². The second kappa shape index (κ2) is 10.1. The van der Waals surface area contributed by atoms with E-state index in [1.165, 1.54) is 0 Å². The van der Waals surface area contributed by atoms with Gasteiger partial charge in [-0.2, -0.15) is 0 Å². The number of methoxy groups -OCH3 is 1. The van der Waals surface area contributed by atoms with Crippen molar-refractivity contribution in [1.29, 1.82) is 0 Å². The van der Waals surface area contributed by atoms with Crippen LogP contribution in [0.1, 0.15) is 35.7 Å². The fraction of sp³-hybridized carbons (Fsp3) is 0.208. The highest BCUT2D eigenvalue weighted by Crippen LogP contribution is 2.24. The summed E-state index contributed by atoms with van der Waals surface area (Å²) in [4.78, 5) is 12.7. The van der Waals surface area contributed by atoms with Gasteiger partial charge in [0, 0.05) is 11.1 Å². The minimum Gasteiger partial charge on any atom is -0.497 e. The standard InChI is InChI=1S/C24H25ClN2O2/c1-17(20-9-6-10-21(25)15-20)26-16-23(28)27-24(18-7-4-3-5-8-18)19-11-13-22(29-2)14-12-19/h3-15,17,24,26H,16H2,1-2H3,(H,27,28)/t17-,24-/m1/s1. The second-order valence-corrected chi connectivity index (χ2v) is 7.28. The molecule has 5 heteroatoms. The van der Waals surface area contributed by atoms with Crippen LogP contribution >= 0.6 is 11.6 Å². The van der Waals surface area contributed by atoms with Gasteiger partial charge in [0.15, 0.2) is 0 Å². The minimum absolute atomic E-state index is 0.00983. The van der Waals surface area contributed by atoms with Gasteiger partial charge in [-0.15, -0.1) is 0 Å². The summed E-state index contributed by atoms with van der Waals surface area (Å²) in [5.74, 6) is 0.701. The molecule has 4 nitrogen and oxygen atoms in total. The van der Waals surface area contributed by atoms with Crippen molar-refractivity contribution in [3.63, 3.8) is 0 Å². The topological polar surface area (TPSA) is 50.4 Å². The molecule has 0 heterocycles. The quantitative estimate of drug-likeness (QED) is 0.557. The van der Waals surface area contributed by atoms with Gasteiger partial charge in [0.2, 0.25) is 5.91 Å². The van der Waals surface area contributed by atoms with Gasteiger partial charge in [-0.05, 0) is 47.9 Å². The molecule has 3 rings (SSSR count). The van der Waals surface area contributed by atoms with Gasteiger partial charge in [0.05, 0.1) is 19.7 Å². The summed E-state index contributed by atoms with van der Waals surface area (Å²) < 4.78 is 5.24. The predicted molar refractivity (Wildman–Crippen MR) is 117 cm³/mol. The SMILES string of the molecule is COc1ccc([C@H](NC(=O)CN[C@H](C)c2cccc(Cl)c2)c2ccccc2)cc1. The van der Waals surface area contributed by atoms with Crippen molar-refractivity contribution >= 4 is 17.5 Å². The highest BCUT2D eigenvalue weighted by Gasteiger charge is 2.17. The van der Waals surface area contributed by atoms with Crippen molar-refractivity contribution in [3.8, 4) is 5.75 Å². The molecular weight excluding hydrogens is 384 g/mol. The fourth-order valence-corrected chi connectivity index (χ4v) is 3.35. The predicted octanol–water partition coefficient (Wildman–Crippen LogP) is 4.91. The molecule has 0 saturated heterocycles. The number of carbonyl (C=O) groups excluding carboxylic acids is 1. The minimum atomic E-state index is -0.238. The zero-order valence-electron chi connectivity index (χ0n) is 16.6. The first-order chi connectivity index (χ1) is 14.1. The Morgan fingerprint density at radius 1 is 0.931 bits per heavy atom. The summed E-state index contributed by atoms with van der Waals surface area (Å²) in [5, 5.41) is 7.08. The Kier molecular flexibility index (Phi) is 7.28. The lowest BCUT2D eigenvalue weighted by atomic mass is 9.98. The first-order valence-corrected chi connectivity index (χ1v) is 9.91. The highest BCUT2D eigenvalue weighted by molar-refractivity contribution is 6.30. The lowest BCUT2D eigenvalue weighted by Crippen LogP contribution is -2.37. The van der Waals surface area contributed by atoms with Gasteiger partial charge in [-0.1, -0.05) is 66.2 Å². The van der Waals surface area contributed by atoms with Gasteiger partial charge in [-0.3, -0.25) is 4.79 Å². The Balaban J connectivity index is 1.69. The fourth-order valence-electron chi connectivity index (χ4n) is 3.15. The molecule has 29 heavy (non-hydrogen) atoms. The van der Waals surface area contributed by atoms with E-state index in [9.17, 15) is 4.79 Å². The first kappa shape index (κ1) is 20.9. The van der Waals surface area contributed by atoms with Crippen molar-refractivity contribution in [2.24, 2.45) is 0 Å². The van der Waals surface area contributed by atoms with E-state index in [0.29, 0.717) is 5.02 Å². The second-order valence-electron chi connectivity index (χ2n) is 6.84. The third-order valence-electron chi connectivity index (χ3n) is 4.80. The summed E-state index contributed by atoms with van der Waals surface area (Å²) >= 11 is 6.06. The normalized spacial score (nSPS) is 12.8. The highest BCUT2D eigenvalue weighted by atomic mass is 35.5. The number of amides is 1. The number of nitrogens with one attached hydrogen (secondary N) is 2. The van der Waals surface area contributed by atoms with E-state index in [0.717, 1.165) is 22.4 Å². The van der Waals surface area contributed by atoms with E-state index in [4.69, 9.17) is 16.3 Å². The number of benzene rings is 3. The van der Waals surface area contributed by atoms with Gasteiger partial charge in [-0.25, -0.2) is 0 Å². The number of ether oxygens (including phenoxy) is 1. The summed E-state index contributed by atoms with van der Waals surface area (Å²) in [6.45, 7) is 2.21. The largest absolute Gasteiger partial charge is 0.497 e. The van der Waals surface area contributed by atoms with E-state index in [1.54, 1.807) is 7.11 Å². The van der Waals surface area contributed by atoms with Crippen LogP contribution < -0.4 is 15.4 Å². The molecule has 0 bridgehead atoms. The average Bonchev–Trinajstić information content (AvgIpc) is 2.76. The van der Waals surface area contributed by atoms with Crippen molar-refractivity contribution < 1.29 is 9.53 Å². The Labute approximate surface area is 176 Å². The molecule has 0 unspecified atom stereocenters. The van der Waals surface area contributed by atoms with Gasteiger partial charge in [0.1, 0.15) is 5.75 Å². The maximum atomic E-state index is 12.7. The van der Waals surface area contributed by atoms with Crippen LogP contribution in [-0.2, 0) is 4.79 Å². The summed E-state index contributed by atoms with van der Waals surface area (Å²) in [7, 11) is 1.64. The van der Waals surface area contributed by atoms with Crippen molar-refractivity contribution in [3.05, 3.63) is 101 Å². The summed E-state index contributed by atoms with van der Waals surface area (Å²) in [6, 6.07) is 25.1. The lowest BCUT2D eigenvalue weighted by Gasteiger charge is -2.21. The van der Waals surface area contributed by atoms with Crippen LogP contribution in [0.15, 0.2) is 78.9 Å². The maximum Gasteiger partial charge on any atom is 0.234 e. The molecule has 0 aliphatic rings. The zero-order chi connectivity index (χ0) is 20.6. The molecule has 0 saturated carbocycles. The van der Waals surface area contributed by atoms with Crippen LogP contribution in [0.3, 0.4) is 0 Å². The number of hydrogen-bond acceptors (Lipinski definition) is 3. The number of carbonyl (C=O) groups is 1. The van der Waals surface area contributed by atoms with Gasteiger partial charge in [0.25, 0.3) is 0 Å². The number of hydrogen-bond donors (Lipinski definition) is 2. The third kappa shape index (κ3) is 5.83. The van der Waals surface area contributed by atoms with E-state index in [1.807, 2.05) is 85.8 Å². The van der Waals surface area contributed by atoms with Gasteiger partial charge < -0.3 is 15.4 Å². The van der Waals surface area contributed by atoms with Crippen molar-refractivity contribution in [1.82, 2.24) is 10.6 Å². The lowest BCUT2D eigenvalue weighted by molar-refractivity contribution is -0.120. The molecule has 0 spiro atoms. The van der Waals surface area contributed by atoms with Crippen LogP contribution in [0.25, 0.3) is 0 Å². The van der Waals surface area contributed by atoms with E-state index >= 15 is 0 Å². The van der Waals surface area contributed by atoms with E-state index < -0.39 is 0 Å². The van der Waals surface area contributed by atoms with Gasteiger partial charge >= 0.3 is 0 Å². The molecule has 0 aromatic heterocycles. The molecule has 0 fully saturated rings. The average molecular weight is 409 g/mol. The van der Waals surface area contributed by atoms with Crippen molar-refractivity contribution in [2.45, 2.75) is 19.0 Å². The Bertz CT molecular complexity index is 929. The summed E-state index contributed by atoms with van der Waals surface area (Å²) in [6.07, 6.45) is 0. The molecule has 3 aromatic rings.